The Bertz CT molecular complexity index is 1070. The molecule has 1 fully saturated rings. The summed E-state index contributed by atoms with van der Waals surface area (Å²) < 4.78 is 20.2. The zero-order chi connectivity index (χ0) is 21.8. The number of hydrogen-bond acceptors (Lipinski definition) is 5. The van der Waals surface area contributed by atoms with Crippen molar-refractivity contribution >= 4 is 21.9 Å². The van der Waals surface area contributed by atoms with Gasteiger partial charge in [-0.05, 0) is 77.5 Å². The lowest BCUT2D eigenvalue weighted by Crippen LogP contribution is -2.24. The van der Waals surface area contributed by atoms with Gasteiger partial charge in [-0.25, -0.2) is 4.39 Å². The average Bonchev–Trinajstić information content (AvgIpc) is 2.77. The van der Waals surface area contributed by atoms with Crippen molar-refractivity contribution in [3.8, 4) is 17.0 Å². The summed E-state index contributed by atoms with van der Waals surface area (Å²) in [6, 6.07) is 10.1. The molecule has 1 N–H and O–H groups in total. The first kappa shape index (κ1) is 21.4. The molecule has 1 saturated carbocycles. The molecule has 0 aliphatic heterocycles. The first-order valence-corrected chi connectivity index (χ1v) is 10.9. The second kappa shape index (κ2) is 9.51. The highest BCUT2D eigenvalue weighted by molar-refractivity contribution is 9.10. The van der Waals surface area contributed by atoms with Crippen LogP contribution < -0.4 is 4.74 Å². The van der Waals surface area contributed by atoms with Gasteiger partial charge in [0.25, 0.3) is 0 Å². The van der Waals surface area contributed by atoms with Crippen LogP contribution >= 0.6 is 15.9 Å². The molecular formula is C23H21BrFN3O3. The molecule has 1 aliphatic rings. The third kappa shape index (κ3) is 5.44. The number of nitrogens with zero attached hydrogens (tertiary/aromatic N) is 3. The highest BCUT2D eigenvalue weighted by atomic mass is 79.9. The van der Waals surface area contributed by atoms with Crippen molar-refractivity contribution in [2.24, 2.45) is 0 Å². The summed E-state index contributed by atoms with van der Waals surface area (Å²) >= 11 is 3.40. The van der Waals surface area contributed by atoms with E-state index in [1.54, 1.807) is 24.5 Å². The Morgan fingerprint density at radius 3 is 2.61 bits per heavy atom. The Morgan fingerprint density at radius 2 is 1.90 bits per heavy atom. The van der Waals surface area contributed by atoms with Crippen molar-refractivity contribution in [3.63, 3.8) is 0 Å². The number of carboxylic acid groups (broad SMARTS) is 1. The molecule has 1 aliphatic carbocycles. The van der Waals surface area contributed by atoms with Gasteiger partial charge in [0.05, 0.1) is 28.4 Å². The summed E-state index contributed by atoms with van der Waals surface area (Å²) in [5.41, 5.74) is 2.97. The maximum atomic E-state index is 13.5. The van der Waals surface area contributed by atoms with Gasteiger partial charge in [0.1, 0.15) is 11.6 Å². The van der Waals surface area contributed by atoms with Crippen LogP contribution in [0.25, 0.3) is 11.3 Å². The van der Waals surface area contributed by atoms with Gasteiger partial charge >= 0.3 is 5.97 Å². The number of carbonyl (C=O) groups is 1. The third-order valence-corrected chi connectivity index (χ3v) is 6.07. The van der Waals surface area contributed by atoms with Crippen molar-refractivity contribution in [2.45, 2.75) is 44.1 Å². The molecule has 0 atom stereocenters. The van der Waals surface area contributed by atoms with Crippen LogP contribution in [0.4, 0.5) is 4.39 Å². The molecular weight excluding hydrogens is 465 g/mol. The first-order chi connectivity index (χ1) is 15.0. The fourth-order valence-corrected chi connectivity index (χ4v) is 4.18. The number of ether oxygens (including phenoxy) is 1. The van der Waals surface area contributed by atoms with E-state index in [-0.39, 0.29) is 18.3 Å². The minimum Gasteiger partial charge on any atom is -0.489 e. The molecule has 1 aromatic carbocycles. The van der Waals surface area contributed by atoms with E-state index in [9.17, 15) is 9.18 Å². The highest BCUT2D eigenvalue weighted by Gasteiger charge is 2.25. The monoisotopic (exact) mass is 485 g/mol. The van der Waals surface area contributed by atoms with Crippen LogP contribution in [0.3, 0.4) is 0 Å². The lowest BCUT2D eigenvalue weighted by Gasteiger charge is -2.28. The SMILES string of the molecule is O=C(O)Cc1cncc(-c2ccc(C3CCC(Oc4cc(F)ccc4Br)CC3)nn2)c1. The lowest BCUT2D eigenvalue weighted by molar-refractivity contribution is -0.136. The van der Waals surface area contributed by atoms with E-state index in [1.807, 2.05) is 12.1 Å². The largest absolute Gasteiger partial charge is 0.489 e. The number of rotatable bonds is 6. The fourth-order valence-electron chi connectivity index (χ4n) is 3.84. The quantitative estimate of drug-likeness (QED) is 0.518. The zero-order valence-corrected chi connectivity index (χ0v) is 18.3. The lowest BCUT2D eigenvalue weighted by atomic mass is 9.85. The second-order valence-electron chi connectivity index (χ2n) is 7.66. The molecule has 0 radical (unpaired) electrons. The predicted octanol–water partition coefficient (Wildman–Crippen LogP) is 5.17. The van der Waals surface area contributed by atoms with E-state index >= 15 is 0 Å². The van der Waals surface area contributed by atoms with Gasteiger partial charge in [-0.3, -0.25) is 9.78 Å². The fraction of sp³-hybridized carbons (Fsp3) is 0.304. The van der Waals surface area contributed by atoms with Crippen LogP contribution in [-0.2, 0) is 11.2 Å². The van der Waals surface area contributed by atoms with E-state index in [0.29, 0.717) is 22.9 Å². The molecule has 0 bridgehead atoms. The molecule has 6 nitrogen and oxygen atoms in total. The van der Waals surface area contributed by atoms with Crippen LogP contribution in [0.2, 0.25) is 0 Å². The zero-order valence-electron chi connectivity index (χ0n) is 16.7. The van der Waals surface area contributed by atoms with Crippen LogP contribution in [0.15, 0.2) is 53.3 Å². The number of pyridine rings is 1. The van der Waals surface area contributed by atoms with Crippen molar-refractivity contribution in [2.75, 3.05) is 0 Å². The third-order valence-electron chi connectivity index (χ3n) is 5.41. The van der Waals surface area contributed by atoms with Gasteiger partial charge in [-0.2, -0.15) is 10.2 Å². The maximum Gasteiger partial charge on any atom is 0.307 e. The van der Waals surface area contributed by atoms with Crippen LogP contribution in [0, 0.1) is 5.82 Å². The van der Waals surface area contributed by atoms with E-state index < -0.39 is 5.97 Å². The number of halogens is 2. The Labute approximate surface area is 187 Å². The van der Waals surface area contributed by atoms with Gasteiger partial charge in [-0.15, -0.1) is 0 Å². The number of aliphatic carboxylic acids is 1. The van der Waals surface area contributed by atoms with E-state index in [0.717, 1.165) is 41.4 Å². The number of carboxylic acids is 1. The highest BCUT2D eigenvalue weighted by Crippen LogP contribution is 2.35. The van der Waals surface area contributed by atoms with E-state index in [1.165, 1.54) is 12.1 Å². The molecule has 0 saturated heterocycles. The van der Waals surface area contributed by atoms with Crippen LogP contribution in [0.1, 0.15) is 42.9 Å². The summed E-state index contributed by atoms with van der Waals surface area (Å²) in [6.45, 7) is 0. The van der Waals surface area contributed by atoms with Gasteiger partial charge < -0.3 is 9.84 Å². The Morgan fingerprint density at radius 1 is 1.10 bits per heavy atom. The molecule has 0 amide bonds. The summed E-state index contributed by atoms with van der Waals surface area (Å²) in [5, 5.41) is 17.7. The normalized spacial score (nSPS) is 18.5. The van der Waals surface area contributed by atoms with Crippen molar-refractivity contribution in [3.05, 3.63) is 70.3 Å². The van der Waals surface area contributed by atoms with Gasteiger partial charge in [0, 0.05) is 29.9 Å². The maximum absolute atomic E-state index is 13.5. The molecule has 0 spiro atoms. The molecule has 160 valence electrons. The Balaban J connectivity index is 1.37. The molecule has 0 unspecified atom stereocenters. The molecule has 3 aromatic rings. The number of hydrogen-bond donors (Lipinski definition) is 1. The second-order valence-corrected chi connectivity index (χ2v) is 8.52. The predicted molar refractivity (Wildman–Crippen MR) is 116 cm³/mol. The molecule has 31 heavy (non-hydrogen) atoms. The van der Waals surface area contributed by atoms with Crippen LogP contribution in [0.5, 0.6) is 5.75 Å². The van der Waals surface area contributed by atoms with Gasteiger partial charge in [-0.1, -0.05) is 0 Å². The number of aromatic nitrogens is 3. The van der Waals surface area contributed by atoms with Crippen LogP contribution in [-0.4, -0.2) is 32.4 Å². The summed E-state index contributed by atoms with van der Waals surface area (Å²) in [7, 11) is 0. The molecule has 8 heteroatoms. The van der Waals surface area contributed by atoms with E-state index in [4.69, 9.17) is 9.84 Å². The van der Waals surface area contributed by atoms with Gasteiger partial charge in [0.15, 0.2) is 0 Å². The Hall–Kier alpha value is -2.87. The molecule has 2 heterocycles. The van der Waals surface area contributed by atoms with Crippen molar-refractivity contribution in [1.29, 1.82) is 0 Å². The van der Waals surface area contributed by atoms with Crippen molar-refractivity contribution < 1.29 is 19.0 Å². The summed E-state index contributed by atoms with van der Waals surface area (Å²) in [6.07, 6.45) is 6.72. The first-order valence-electron chi connectivity index (χ1n) is 10.1. The minimum atomic E-state index is -0.898. The summed E-state index contributed by atoms with van der Waals surface area (Å²) in [5.74, 6) is -0.379. The average molecular weight is 486 g/mol. The minimum absolute atomic E-state index is 0.0460. The van der Waals surface area contributed by atoms with Crippen molar-refractivity contribution in [1.82, 2.24) is 15.2 Å². The smallest absolute Gasteiger partial charge is 0.307 e. The Kier molecular flexibility index (Phi) is 6.56. The number of benzene rings is 1. The van der Waals surface area contributed by atoms with E-state index in [2.05, 4.69) is 31.1 Å². The standard InChI is InChI=1S/C23H21BrFN3O3/c24-19-6-3-17(25)11-22(19)31-18-4-1-15(2-5-18)20-7-8-21(28-27-20)16-9-14(10-23(29)30)12-26-13-16/h3,6-9,11-13,15,18H,1-2,4-5,10H2,(H,29,30). The molecule has 2 aromatic heterocycles. The summed E-state index contributed by atoms with van der Waals surface area (Å²) in [4.78, 5) is 15.0. The topological polar surface area (TPSA) is 85.2 Å². The van der Waals surface area contributed by atoms with Gasteiger partial charge in [0.2, 0.25) is 0 Å². The molecule has 4 rings (SSSR count).